The molecule has 2 aromatic carbocycles. The molecular formula is C16H13FN2O. The van der Waals surface area contributed by atoms with E-state index in [1.807, 2.05) is 6.07 Å². The highest BCUT2D eigenvalue weighted by Gasteiger charge is 2.14. The Balaban J connectivity index is 2.15. The molecule has 3 nitrogen and oxygen atoms in total. The van der Waals surface area contributed by atoms with E-state index in [4.69, 9.17) is 5.26 Å². The summed E-state index contributed by atoms with van der Waals surface area (Å²) in [5.41, 5.74) is 1.22. The topological polar surface area (TPSA) is 52.9 Å². The van der Waals surface area contributed by atoms with Gasteiger partial charge in [0.15, 0.2) is 0 Å². The van der Waals surface area contributed by atoms with Crippen LogP contribution in [0.3, 0.4) is 0 Å². The van der Waals surface area contributed by atoms with Crippen LogP contribution in [0.1, 0.15) is 34.5 Å². The number of benzene rings is 2. The van der Waals surface area contributed by atoms with E-state index in [1.165, 1.54) is 12.1 Å². The molecule has 100 valence electrons. The maximum Gasteiger partial charge on any atom is 0.251 e. The third-order valence-electron chi connectivity index (χ3n) is 2.97. The first-order valence-corrected chi connectivity index (χ1v) is 6.17. The molecule has 0 heterocycles. The van der Waals surface area contributed by atoms with E-state index in [0.29, 0.717) is 16.7 Å². The Hall–Kier alpha value is -2.67. The standard InChI is InChI=1S/C16H13FN2O/c1-11(14-7-2-3-8-15(14)17)19-16(20)13-6-4-5-12(9-13)10-18/h2-9,11H,1H3,(H,19,20). The Morgan fingerprint density at radius 1 is 1.25 bits per heavy atom. The highest BCUT2D eigenvalue weighted by Crippen LogP contribution is 2.16. The first-order chi connectivity index (χ1) is 9.61. The molecule has 1 unspecified atom stereocenters. The van der Waals surface area contributed by atoms with Crippen LogP contribution in [0.25, 0.3) is 0 Å². The average molecular weight is 268 g/mol. The smallest absolute Gasteiger partial charge is 0.251 e. The fraction of sp³-hybridized carbons (Fsp3) is 0.125. The van der Waals surface area contributed by atoms with Crippen molar-refractivity contribution < 1.29 is 9.18 Å². The van der Waals surface area contributed by atoms with Gasteiger partial charge >= 0.3 is 0 Å². The van der Waals surface area contributed by atoms with Crippen LogP contribution in [-0.4, -0.2) is 5.91 Å². The van der Waals surface area contributed by atoms with E-state index in [-0.39, 0.29) is 11.7 Å². The summed E-state index contributed by atoms with van der Waals surface area (Å²) in [6.07, 6.45) is 0. The van der Waals surface area contributed by atoms with Crippen molar-refractivity contribution in [2.45, 2.75) is 13.0 Å². The molecule has 20 heavy (non-hydrogen) atoms. The number of halogens is 1. The monoisotopic (exact) mass is 268 g/mol. The van der Waals surface area contributed by atoms with E-state index in [9.17, 15) is 9.18 Å². The first-order valence-electron chi connectivity index (χ1n) is 6.17. The highest BCUT2D eigenvalue weighted by atomic mass is 19.1. The summed E-state index contributed by atoms with van der Waals surface area (Å²) in [5.74, 6) is -0.691. The number of nitriles is 1. The Kier molecular flexibility index (Phi) is 4.11. The number of carbonyl (C=O) groups is 1. The summed E-state index contributed by atoms with van der Waals surface area (Å²) in [7, 11) is 0. The Labute approximate surface area is 116 Å². The van der Waals surface area contributed by atoms with Gasteiger partial charge in [-0.2, -0.15) is 5.26 Å². The largest absolute Gasteiger partial charge is 0.345 e. The number of rotatable bonds is 3. The third-order valence-corrected chi connectivity index (χ3v) is 2.97. The number of hydrogen-bond donors (Lipinski definition) is 1. The molecule has 0 aromatic heterocycles. The molecular weight excluding hydrogens is 255 g/mol. The lowest BCUT2D eigenvalue weighted by Gasteiger charge is -2.15. The molecule has 1 N–H and O–H groups in total. The van der Waals surface area contributed by atoms with Crippen molar-refractivity contribution in [3.8, 4) is 6.07 Å². The van der Waals surface area contributed by atoms with Crippen LogP contribution in [0.15, 0.2) is 48.5 Å². The van der Waals surface area contributed by atoms with Gasteiger partial charge in [-0.1, -0.05) is 24.3 Å². The van der Waals surface area contributed by atoms with Crippen molar-refractivity contribution in [3.05, 3.63) is 71.0 Å². The van der Waals surface area contributed by atoms with Gasteiger partial charge < -0.3 is 5.32 Å². The number of amides is 1. The molecule has 0 radical (unpaired) electrons. The molecule has 0 aliphatic carbocycles. The van der Waals surface area contributed by atoms with Gasteiger partial charge in [0.25, 0.3) is 5.91 Å². The quantitative estimate of drug-likeness (QED) is 0.929. The Morgan fingerprint density at radius 2 is 2.00 bits per heavy atom. The lowest BCUT2D eigenvalue weighted by atomic mass is 10.1. The maximum absolute atomic E-state index is 13.6. The van der Waals surface area contributed by atoms with E-state index in [2.05, 4.69) is 5.32 Å². The fourth-order valence-electron chi connectivity index (χ4n) is 1.91. The molecule has 0 bridgehead atoms. The zero-order valence-electron chi connectivity index (χ0n) is 10.9. The number of nitrogens with zero attached hydrogens (tertiary/aromatic N) is 1. The number of carbonyl (C=O) groups excluding carboxylic acids is 1. The normalized spacial score (nSPS) is 11.4. The highest BCUT2D eigenvalue weighted by molar-refractivity contribution is 5.94. The van der Waals surface area contributed by atoms with Crippen LogP contribution in [0.4, 0.5) is 4.39 Å². The molecule has 1 amide bonds. The van der Waals surface area contributed by atoms with Crippen LogP contribution in [-0.2, 0) is 0 Å². The summed E-state index contributed by atoms with van der Waals surface area (Å²) in [5, 5.41) is 11.5. The van der Waals surface area contributed by atoms with Gasteiger partial charge in [-0.05, 0) is 31.2 Å². The number of hydrogen-bond acceptors (Lipinski definition) is 2. The van der Waals surface area contributed by atoms with Crippen molar-refractivity contribution in [1.29, 1.82) is 5.26 Å². The van der Waals surface area contributed by atoms with E-state index in [1.54, 1.807) is 43.3 Å². The maximum atomic E-state index is 13.6. The van der Waals surface area contributed by atoms with Crippen LogP contribution < -0.4 is 5.32 Å². The summed E-state index contributed by atoms with van der Waals surface area (Å²) in [6.45, 7) is 1.71. The summed E-state index contributed by atoms with van der Waals surface area (Å²) < 4.78 is 13.6. The molecule has 2 aromatic rings. The molecule has 4 heteroatoms. The molecule has 1 atom stereocenters. The molecule has 0 saturated carbocycles. The molecule has 2 rings (SSSR count). The van der Waals surface area contributed by atoms with Gasteiger partial charge in [0.1, 0.15) is 5.82 Å². The van der Waals surface area contributed by atoms with Crippen molar-refractivity contribution in [2.75, 3.05) is 0 Å². The van der Waals surface area contributed by atoms with E-state index >= 15 is 0 Å². The molecule has 0 aliphatic heterocycles. The second-order valence-corrected chi connectivity index (χ2v) is 4.41. The van der Waals surface area contributed by atoms with Gasteiger partial charge in [-0.25, -0.2) is 4.39 Å². The van der Waals surface area contributed by atoms with Crippen LogP contribution in [0, 0.1) is 17.1 Å². The zero-order valence-corrected chi connectivity index (χ0v) is 10.9. The third kappa shape index (κ3) is 3.01. The fourth-order valence-corrected chi connectivity index (χ4v) is 1.91. The SMILES string of the molecule is CC(NC(=O)c1cccc(C#N)c1)c1ccccc1F. The predicted octanol–water partition coefficient (Wildman–Crippen LogP) is 3.19. The van der Waals surface area contributed by atoms with Gasteiger partial charge in [0.2, 0.25) is 0 Å². The molecule has 0 fully saturated rings. The molecule has 0 aliphatic rings. The van der Waals surface area contributed by atoms with Gasteiger partial charge in [-0.3, -0.25) is 4.79 Å². The predicted molar refractivity (Wildman–Crippen MR) is 73.4 cm³/mol. The second-order valence-electron chi connectivity index (χ2n) is 4.41. The van der Waals surface area contributed by atoms with Crippen molar-refractivity contribution in [2.24, 2.45) is 0 Å². The van der Waals surface area contributed by atoms with Gasteiger partial charge in [0.05, 0.1) is 17.7 Å². The minimum absolute atomic E-state index is 0.335. The zero-order chi connectivity index (χ0) is 14.5. The van der Waals surface area contributed by atoms with Crippen molar-refractivity contribution in [3.63, 3.8) is 0 Å². The first kappa shape index (κ1) is 13.8. The number of nitrogens with one attached hydrogen (secondary N) is 1. The van der Waals surface area contributed by atoms with Crippen LogP contribution in [0.5, 0.6) is 0 Å². The summed E-state index contributed by atoms with van der Waals surface area (Å²) >= 11 is 0. The summed E-state index contributed by atoms with van der Waals surface area (Å²) in [4.78, 5) is 12.1. The average Bonchev–Trinajstić information content (AvgIpc) is 2.47. The Bertz CT molecular complexity index is 676. The minimum Gasteiger partial charge on any atom is -0.345 e. The van der Waals surface area contributed by atoms with Gasteiger partial charge in [0, 0.05) is 11.1 Å². The Morgan fingerprint density at radius 3 is 2.70 bits per heavy atom. The second kappa shape index (κ2) is 5.98. The van der Waals surface area contributed by atoms with Crippen LogP contribution >= 0.6 is 0 Å². The molecule has 0 saturated heterocycles. The van der Waals surface area contributed by atoms with Gasteiger partial charge in [-0.15, -0.1) is 0 Å². The van der Waals surface area contributed by atoms with E-state index < -0.39 is 6.04 Å². The van der Waals surface area contributed by atoms with Crippen molar-refractivity contribution in [1.82, 2.24) is 5.32 Å². The van der Waals surface area contributed by atoms with Crippen LogP contribution in [0.2, 0.25) is 0 Å². The molecule has 0 spiro atoms. The lowest BCUT2D eigenvalue weighted by Crippen LogP contribution is -2.27. The summed E-state index contributed by atoms with van der Waals surface area (Å²) in [6, 6.07) is 14.2. The minimum atomic E-state index is -0.450. The van der Waals surface area contributed by atoms with Crippen molar-refractivity contribution >= 4 is 5.91 Å². The lowest BCUT2D eigenvalue weighted by molar-refractivity contribution is 0.0939. The van der Waals surface area contributed by atoms with E-state index in [0.717, 1.165) is 0 Å².